The van der Waals surface area contributed by atoms with Gasteiger partial charge in [0.05, 0.1) is 3.79 Å². The molecule has 0 bridgehead atoms. The molecule has 1 N–H and O–H groups in total. The summed E-state index contributed by atoms with van der Waals surface area (Å²) >= 11 is 8.97. The van der Waals surface area contributed by atoms with Gasteiger partial charge in [-0.2, -0.15) is 0 Å². The lowest BCUT2D eigenvalue weighted by atomic mass is 10.2. The lowest BCUT2D eigenvalue weighted by Gasteiger charge is -2.24. The Morgan fingerprint density at radius 1 is 1.50 bits per heavy atom. The largest absolute Gasteiger partial charge is 0.313 e. The van der Waals surface area contributed by atoms with Crippen molar-refractivity contribution in [2.75, 3.05) is 19.6 Å². The lowest BCUT2D eigenvalue weighted by Crippen LogP contribution is -2.37. The van der Waals surface area contributed by atoms with Crippen LogP contribution in [0.2, 0.25) is 0 Å². The average Bonchev–Trinajstić information content (AvgIpc) is 2.91. The van der Waals surface area contributed by atoms with Gasteiger partial charge in [0, 0.05) is 28.5 Å². The molecule has 1 fully saturated rings. The van der Waals surface area contributed by atoms with Crippen LogP contribution in [-0.4, -0.2) is 30.6 Å². The van der Waals surface area contributed by atoms with Crippen molar-refractivity contribution in [3.8, 4) is 0 Å². The van der Waals surface area contributed by atoms with Crippen LogP contribution in [0.1, 0.15) is 31.1 Å². The third kappa shape index (κ3) is 4.30. The van der Waals surface area contributed by atoms with Crippen molar-refractivity contribution < 1.29 is 0 Å². The Balaban J connectivity index is 1.92. The fourth-order valence-corrected chi connectivity index (χ4v) is 4.68. The van der Waals surface area contributed by atoms with E-state index in [0.717, 1.165) is 6.54 Å². The van der Waals surface area contributed by atoms with Crippen molar-refractivity contribution in [1.82, 2.24) is 10.2 Å². The van der Waals surface area contributed by atoms with Gasteiger partial charge >= 0.3 is 0 Å². The topological polar surface area (TPSA) is 15.3 Å². The van der Waals surface area contributed by atoms with Crippen LogP contribution in [0.5, 0.6) is 0 Å². The highest BCUT2D eigenvalue weighted by Gasteiger charge is 2.18. The Morgan fingerprint density at radius 2 is 2.33 bits per heavy atom. The molecule has 1 aliphatic heterocycles. The summed E-state index contributed by atoms with van der Waals surface area (Å²) in [6, 6.07) is 2.93. The van der Waals surface area contributed by atoms with E-state index in [0.29, 0.717) is 6.04 Å². The molecule has 0 aliphatic carbocycles. The first-order valence-corrected chi connectivity index (χ1v) is 8.98. The standard InChI is InChI=1S/C13H20Br2N2S/c1-2-6-17(8-10-4-3-5-16-10)9-11-7-12(14)13(15)18-11/h7,10,16H,2-6,8-9H2,1H3. The Kier molecular flexibility index (Phi) is 6.15. The molecule has 1 saturated heterocycles. The number of hydrogen-bond acceptors (Lipinski definition) is 3. The summed E-state index contributed by atoms with van der Waals surface area (Å²) in [5.74, 6) is 0. The average molecular weight is 396 g/mol. The second kappa shape index (κ2) is 7.39. The fourth-order valence-electron chi connectivity index (χ4n) is 2.47. The molecule has 1 aromatic heterocycles. The molecule has 0 spiro atoms. The van der Waals surface area contributed by atoms with Gasteiger partial charge in [0.15, 0.2) is 0 Å². The minimum Gasteiger partial charge on any atom is -0.313 e. The number of halogens is 2. The van der Waals surface area contributed by atoms with Crippen molar-refractivity contribution in [2.24, 2.45) is 0 Å². The van der Waals surface area contributed by atoms with E-state index in [9.17, 15) is 0 Å². The van der Waals surface area contributed by atoms with Crippen LogP contribution in [0.3, 0.4) is 0 Å². The predicted octanol–water partition coefficient (Wildman–Crippen LogP) is 4.24. The molecule has 1 aromatic rings. The minimum atomic E-state index is 0.698. The first-order chi connectivity index (χ1) is 8.69. The highest BCUT2D eigenvalue weighted by molar-refractivity contribution is 9.13. The van der Waals surface area contributed by atoms with Gasteiger partial charge in [0.1, 0.15) is 0 Å². The van der Waals surface area contributed by atoms with E-state index in [-0.39, 0.29) is 0 Å². The van der Waals surface area contributed by atoms with Crippen LogP contribution in [0.15, 0.2) is 14.3 Å². The summed E-state index contributed by atoms with van der Waals surface area (Å²) in [7, 11) is 0. The molecule has 1 atom stereocenters. The van der Waals surface area contributed by atoms with Crippen LogP contribution in [0.25, 0.3) is 0 Å². The van der Waals surface area contributed by atoms with Crippen molar-refractivity contribution in [1.29, 1.82) is 0 Å². The molecule has 5 heteroatoms. The number of nitrogens with one attached hydrogen (secondary N) is 1. The minimum absolute atomic E-state index is 0.698. The Hall–Kier alpha value is 0.580. The second-order valence-corrected chi connectivity index (χ2v) is 8.17. The second-order valence-electron chi connectivity index (χ2n) is 4.86. The van der Waals surface area contributed by atoms with Crippen LogP contribution < -0.4 is 5.32 Å². The van der Waals surface area contributed by atoms with E-state index in [1.54, 1.807) is 0 Å². The first kappa shape index (κ1) is 15.0. The van der Waals surface area contributed by atoms with Gasteiger partial charge < -0.3 is 5.32 Å². The van der Waals surface area contributed by atoms with Crippen LogP contribution in [0.4, 0.5) is 0 Å². The van der Waals surface area contributed by atoms with Gasteiger partial charge in [0.2, 0.25) is 0 Å². The summed E-state index contributed by atoms with van der Waals surface area (Å²) in [4.78, 5) is 4.01. The zero-order chi connectivity index (χ0) is 13.0. The summed E-state index contributed by atoms with van der Waals surface area (Å²) in [5, 5.41) is 3.59. The van der Waals surface area contributed by atoms with Crippen molar-refractivity contribution >= 4 is 43.2 Å². The van der Waals surface area contributed by atoms with Crippen LogP contribution >= 0.6 is 43.2 Å². The molecule has 102 valence electrons. The first-order valence-electron chi connectivity index (χ1n) is 6.58. The lowest BCUT2D eigenvalue weighted by molar-refractivity contribution is 0.243. The molecule has 1 aliphatic rings. The van der Waals surface area contributed by atoms with Gasteiger partial charge in [-0.25, -0.2) is 0 Å². The zero-order valence-electron chi connectivity index (χ0n) is 10.7. The summed E-state index contributed by atoms with van der Waals surface area (Å²) in [6.45, 7) is 6.89. The quantitative estimate of drug-likeness (QED) is 0.774. The van der Waals surface area contributed by atoms with Gasteiger partial charge in [0.25, 0.3) is 0 Å². The van der Waals surface area contributed by atoms with Crippen molar-refractivity contribution in [3.63, 3.8) is 0 Å². The molecule has 0 saturated carbocycles. The Labute approximate surface area is 130 Å². The van der Waals surface area contributed by atoms with E-state index < -0.39 is 0 Å². The third-order valence-electron chi connectivity index (χ3n) is 3.26. The van der Waals surface area contributed by atoms with Gasteiger partial charge in [-0.15, -0.1) is 11.3 Å². The van der Waals surface area contributed by atoms with Gasteiger partial charge in [-0.1, -0.05) is 6.92 Å². The fraction of sp³-hybridized carbons (Fsp3) is 0.692. The maximum Gasteiger partial charge on any atom is 0.0843 e. The molecule has 1 unspecified atom stereocenters. The molecular formula is C13H20Br2N2S. The zero-order valence-corrected chi connectivity index (χ0v) is 14.7. The smallest absolute Gasteiger partial charge is 0.0843 e. The van der Waals surface area contributed by atoms with E-state index in [1.165, 1.54) is 52.0 Å². The molecule has 2 rings (SSSR count). The van der Waals surface area contributed by atoms with E-state index >= 15 is 0 Å². The van der Waals surface area contributed by atoms with E-state index in [1.807, 2.05) is 11.3 Å². The van der Waals surface area contributed by atoms with E-state index in [2.05, 4.69) is 55.1 Å². The predicted molar refractivity (Wildman–Crippen MR) is 86.3 cm³/mol. The molecule has 0 amide bonds. The molecule has 2 nitrogen and oxygen atoms in total. The SMILES string of the molecule is CCCN(Cc1cc(Br)c(Br)s1)CC1CCCN1. The number of hydrogen-bond donors (Lipinski definition) is 1. The van der Waals surface area contributed by atoms with Crippen LogP contribution in [-0.2, 0) is 6.54 Å². The Morgan fingerprint density at radius 3 is 2.89 bits per heavy atom. The Bertz CT molecular complexity index is 356. The monoisotopic (exact) mass is 394 g/mol. The van der Waals surface area contributed by atoms with Gasteiger partial charge in [-0.05, 0) is 70.3 Å². The van der Waals surface area contributed by atoms with E-state index in [4.69, 9.17) is 0 Å². The highest BCUT2D eigenvalue weighted by atomic mass is 79.9. The maximum atomic E-state index is 3.59. The summed E-state index contributed by atoms with van der Waals surface area (Å²) < 4.78 is 2.38. The summed E-state index contributed by atoms with van der Waals surface area (Å²) in [6.07, 6.45) is 3.89. The van der Waals surface area contributed by atoms with Crippen molar-refractivity contribution in [2.45, 2.75) is 38.8 Å². The molecule has 2 heterocycles. The van der Waals surface area contributed by atoms with Gasteiger partial charge in [-0.3, -0.25) is 4.90 Å². The maximum absolute atomic E-state index is 3.59. The molecular weight excluding hydrogens is 376 g/mol. The molecule has 0 aromatic carbocycles. The normalized spacial score (nSPS) is 19.9. The number of nitrogens with zero attached hydrogens (tertiary/aromatic N) is 1. The summed E-state index contributed by atoms with van der Waals surface area (Å²) in [5.41, 5.74) is 0. The molecule has 18 heavy (non-hydrogen) atoms. The number of thiophene rings is 1. The number of rotatable bonds is 6. The van der Waals surface area contributed by atoms with Crippen LogP contribution in [0, 0.1) is 0 Å². The van der Waals surface area contributed by atoms with Crippen molar-refractivity contribution in [3.05, 3.63) is 19.2 Å². The molecule has 0 radical (unpaired) electrons. The highest BCUT2D eigenvalue weighted by Crippen LogP contribution is 2.33. The third-order valence-corrected chi connectivity index (χ3v) is 6.50.